The van der Waals surface area contributed by atoms with Crippen LogP contribution in [-0.4, -0.2) is 40.5 Å². The van der Waals surface area contributed by atoms with Crippen molar-refractivity contribution >= 4 is 34.1 Å². The maximum atomic E-state index is 13.0. The zero-order chi connectivity index (χ0) is 24.1. The number of anilines is 2. The van der Waals surface area contributed by atoms with Crippen molar-refractivity contribution in [3.05, 3.63) is 64.7 Å². The number of hydrogen-bond donors (Lipinski definition) is 2. The molecule has 2 aromatic carbocycles. The third kappa shape index (κ3) is 5.27. The lowest BCUT2D eigenvalue weighted by Gasteiger charge is -2.21. The van der Waals surface area contributed by atoms with E-state index in [0.717, 1.165) is 25.2 Å². The number of para-hydroxylation sites is 1. The molecule has 0 saturated carbocycles. The van der Waals surface area contributed by atoms with Gasteiger partial charge >= 0.3 is 0 Å². The zero-order valence-electron chi connectivity index (χ0n) is 19.7. The van der Waals surface area contributed by atoms with Crippen LogP contribution in [0.3, 0.4) is 0 Å². The molecule has 8 nitrogen and oxygen atoms in total. The van der Waals surface area contributed by atoms with E-state index < -0.39 is 11.9 Å². The fraction of sp³-hybridized carbons (Fsp3) is 0.385. The van der Waals surface area contributed by atoms with Crippen LogP contribution in [0.2, 0.25) is 0 Å². The SMILES string of the molecule is CCCC(NC(=O)Cn1c(C)nc2ccccc2c1=O)C(=O)Nc1cccc(N2CCCC2)c1. The van der Waals surface area contributed by atoms with Crippen LogP contribution in [0.25, 0.3) is 10.9 Å². The number of amides is 2. The number of aryl methyl sites for hydroxylation is 1. The summed E-state index contributed by atoms with van der Waals surface area (Å²) in [6.45, 7) is 5.51. The molecule has 0 bridgehead atoms. The summed E-state index contributed by atoms with van der Waals surface area (Å²) in [5.74, 6) is -0.217. The Kier molecular flexibility index (Phi) is 7.25. The summed E-state index contributed by atoms with van der Waals surface area (Å²) in [6.07, 6.45) is 3.57. The van der Waals surface area contributed by atoms with Gasteiger partial charge in [-0.1, -0.05) is 31.5 Å². The molecule has 1 unspecified atom stereocenters. The Morgan fingerprint density at radius 1 is 1.09 bits per heavy atom. The van der Waals surface area contributed by atoms with Gasteiger partial charge in [-0.25, -0.2) is 4.98 Å². The quantitative estimate of drug-likeness (QED) is 0.537. The molecule has 2 amide bonds. The first-order valence-corrected chi connectivity index (χ1v) is 11.9. The van der Waals surface area contributed by atoms with Crippen LogP contribution in [0, 0.1) is 6.92 Å². The van der Waals surface area contributed by atoms with Crippen molar-refractivity contribution in [2.24, 2.45) is 0 Å². The Hall–Kier alpha value is -3.68. The molecule has 8 heteroatoms. The highest BCUT2D eigenvalue weighted by molar-refractivity contribution is 5.97. The fourth-order valence-electron chi connectivity index (χ4n) is 4.39. The summed E-state index contributed by atoms with van der Waals surface area (Å²) in [5, 5.41) is 6.22. The average molecular weight is 462 g/mol. The number of carbonyl (C=O) groups is 2. The summed E-state index contributed by atoms with van der Waals surface area (Å²) >= 11 is 0. The summed E-state index contributed by atoms with van der Waals surface area (Å²) < 4.78 is 1.35. The third-order valence-corrected chi connectivity index (χ3v) is 6.17. The second-order valence-electron chi connectivity index (χ2n) is 8.71. The number of hydrogen-bond acceptors (Lipinski definition) is 5. The molecule has 1 aliphatic heterocycles. The van der Waals surface area contributed by atoms with Crippen molar-refractivity contribution in [2.75, 3.05) is 23.3 Å². The highest BCUT2D eigenvalue weighted by atomic mass is 16.2. The van der Waals surface area contributed by atoms with E-state index in [1.165, 1.54) is 17.4 Å². The minimum absolute atomic E-state index is 0.194. The van der Waals surface area contributed by atoms with Gasteiger partial charge in [0.1, 0.15) is 18.4 Å². The molecule has 2 N–H and O–H groups in total. The number of rotatable bonds is 8. The van der Waals surface area contributed by atoms with E-state index in [4.69, 9.17) is 0 Å². The first-order chi connectivity index (χ1) is 16.5. The zero-order valence-corrected chi connectivity index (χ0v) is 19.7. The molecule has 0 aliphatic carbocycles. The maximum Gasteiger partial charge on any atom is 0.261 e. The van der Waals surface area contributed by atoms with E-state index in [2.05, 4.69) is 20.5 Å². The number of benzene rings is 2. The van der Waals surface area contributed by atoms with Crippen LogP contribution in [0.4, 0.5) is 11.4 Å². The van der Waals surface area contributed by atoms with Crippen LogP contribution >= 0.6 is 0 Å². The molecular weight excluding hydrogens is 430 g/mol. The predicted octanol–water partition coefficient (Wildman–Crippen LogP) is 3.23. The van der Waals surface area contributed by atoms with Gasteiger partial charge in [-0.3, -0.25) is 19.0 Å². The van der Waals surface area contributed by atoms with Gasteiger partial charge in [-0.2, -0.15) is 0 Å². The highest BCUT2D eigenvalue weighted by Gasteiger charge is 2.22. The Morgan fingerprint density at radius 2 is 1.85 bits per heavy atom. The minimum atomic E-state index is -0.697. The van der Waals surface area contributed by atoms with Gasteiger partial charge in [0.2, 0.25) is 11.8 Å². The van der Waals surface area contributed by atoms with E-state index in [9.17, 15) is 14.4 Å². The van der Waals surface area contributed by atoms with Crippen LogP contribution in [0.5, 0.6) is 0 Å². The van der Waals surface area contributed by atoms with Gasteiger partial charge in [0.25, 0.3) is 5.56 Å². The Balaban J connectivity index is 1.45. The first-order valence-electron chi connectivity index (χ1n) is 11.9. The molecule has 3 aromatic rings. The predicted molar refractivity (Wildman–Crippen MR) is 134 cm³/mol. The van der Waals surface area contributed by atoms with Gasteiger partial charge in [0.05, 0.1) is 10.9 Å². The molecular formula is C26H31N5O3. The molecule has 1 aromatic heterocycles. The molecule has 0 spiro atoms. The summed E-state index contributed by atoms with van der Waals surface area (Å²) in [6, 6.07) is 14.2. The fourth-order valence-corrected chi connectivity index (χ4v) is 4.39. The van der Waals surface area contributed by atoms with E-state index in [0.29, 0.717) is 28.8 Å². The van der Waals surface area contributed by atoms with Gasteiger partial charge in [-0.15, -0.1) is 0 Å². The molecule has 0 radical (unpaired) electrons. The lowest BCUT2D eigenvalue weighted by atomic mass is 10.1. The number of nitrogens with zero attached hydrogens (tertiary/aromatic N) is 3. The topological polar surface area (TPSA) is 96.3 Å². The van der Waals surface area contributed by atoms with E-state index in [1.807, 2.05) is 37.3 Å². The first kappa shape index (κ1) is 23.5. The van der Waals surface area contributed by atoms with Crippen molar-refractivity contribution in [1.82, 2.24) is 14.9 Å². The maximum absolute atomic E-state index is 13.0. The smallest absolute Gasteiger partial charge is 0.261 e. The van der Waals surface area contributed by atoms with Crippen LogP contribution in [0.1, 0.15) is 38.4 Å². The van der Waals surface area contributed by atoms with E-state index in [-0.39, 0.29) is 18.0 Å². The monoisotopic (exact) mass is 461 g/mol. The molecule has 2 heterocycles. The summed E-state index contributed by atoms with van der Waals surface area (Å²) in [4.78, 5) is 45.5. The van der Waals surface area contributed by atoms with Gasteiger partial charge < -0.3 is 15.5 Å². The van der Waals surface area contributed by atoms with Gasteiger partial charge in [0.15, 0.2) is 0 Å². The molecule has 1 saturated heterocycles. The standard InChI is InChI=1S/C26H31N5O3/c1-3-9-23(25(33)28-19-10-8-11-20(16-19)30-14-6-7-15-30)29-24(32)17-31-18(2)27-22-13-5-4-12-21(22)26(31)34/h4-5,8,10-13,16,23H,3,6-7,9,14-15,17H2,1-2H3,(H,28,33)(H,29,32). The average Bonchev–Trinajstić information content (AvgIpc) is 3.37. The lowest BCUT2D eigenvalue weighted by Crippen LogP contribution is -2.46. The van der Waals surface area contributed by atoms with Crippen LogP contribution in [0.15, 0.2) is 53.3 Å². The minimum Gasteiger partial charge on any atom is -0.371 e. The van der Waals surface area contributed by atoms with Crippen molar-refractivity contribution in [3.63, 3.8) is 0 Å². The van der Waals surface area contributed by atoms with Crippen molar-refractivity contribution in [3.8, 4) is 0 Å². The van der Waals surface area contributed by atoms with Gasteiger partial charge in [0, 0.05) is 24.5 Å². The number of carbonyl (C=O) groups excluding carboxylic acids is 2. The molecule has 4 rings (SSSR count). The molecule has 34 heavy (non-hydrogen) atoms. The Morgan fingerprint density at radius 3 is 2.62 bits per heavy atom. The molecule has 1 atom stereocenters. The molecule has 1 aliphatic rings. The van der Waals surface area contributed by atoms with Crippen LogP contribution in [-0.2, 0) is 16.1 Å². The van der Waals surface area contributed by atoms with Crippen molar-refractivity contribution in [2.45, 2.75) is 52.1 Å². The number of fused-ring (bicyclic) bond motifs is 1. The van der Waals surface area contributed by atoms with Crippen molar-refractivity contribution in [1.29, 1.82) is 0 Å². The Labute approximate surface area is 199 Å². The second kappa shape index (κ2) is 10.5. The lowest BCUT2D eigenvalue weighted by molar-refractivity contribution is -0.127. The second-order valence-corrected chi connectivity index (χ2v) is 8.71. The summed E-state index contributed by atoms with van der Waals surface area (Å²) in [5.41, 5.74) is 2.12. The highest BCUT2D eigenvalue weighted by Crippen LogP contribution is 2.23. The summed E-state index contributed by atoms with van der Waals surface area (Å²) in [7, 11) is 0. The van der Waals surface area contributed by atoms with Crippen LogP contribution < -0.4 is 21.1 Å². The van der Waals surface area contributed by atoms with Gasteiger partial charge in [-0.05, 0) is 56.5 Å². The molecule has 1 fully saturated rings. The number of nitrogens with one attached hydrogen (secondary N) is 2. The molecule has 178 valence electrons. The van der Waals surface area contributed by atoms with E-state index >= 15 is 0 Å². The number of aromatic nitrogens is 2. The van der Waals surface area contributed by atoms with Crippen molar-refractivity contribution < 1.29 is 9.59 Å². The normalized spacial score (nSPS) is 14.2. The van der Waals surface area contributed by atoms with E-state index in [1.54, 1.807) is 25.1 Å². The third-order valence-electron chi connectivity index (χ3n) is 6.17. The Bertz CT molecular complexity index is 1250. The largest absolute Gasteiger partial charge is 0.371 e.